The smallest absolute Gasteiger partial charge is 0.277 e. The van der Waals surface area contributed by atoms with Crippen LogP contribution < -0.4 is 10.2 Å². The summed E-state index contributed by atoms with van der Waals surface area (Å²) in [6, 6.07) is 21.2. The van der Waals surface area contributed by atoms with Crippen LogP contribution in [0.1, 0.15) is 11.1 Å². The van der Waals surface area contributed by atoms with Crippen molar-refractivity contribution in [3.63, 3.8) is 0 Å². The fourth-order valence-electron chi connectivity index (χ4n) is 2.59. The lowest BCUT2D eigenvalue weighted by molar-refractivity contribution is -0.123. The van der Waals surface area contributed by atoms with Crippen LogP contribution in [0, 0.1) is 10.5 Å². The predicted molar refractivity (Wildman–Crippen MR) is 119 cm³/mol. The van der Waals surface area contributed by atoms with E-state index in [-0.39, 0.29) is 18.3 Å². The number of halogens is 1. The monoisotopic (exact) mass is 486 g/mol. The van der Waals surface area contributed by atoms with Crippen LogP contribution in [0.2, 0.25) is 0 Å². The number of hydrogen-bond acceptors (Lipinski definition) is 4. The summed E-state index contributed by atoms with van der Waals surface area (Å²) < 4.78 is 6.46. The molecule has 142 valence electrons. The maximum Gasteiger partial charge on any atom is 0.277 e. The molecule has 6 heteroatoms. The summed E-state index contributed by atoms with van der Waals surface area (Å²) >= 11 is 2.16. The Bertz CT molecular complexity index is 987. The maximum atomic E-state index is 11.9. The number of rotatable bonds is 6. The third-order valence-electron chi connectivity index (χ3n) is 4.02. The summed E-state index contributed by atoms with van der Waals surface area (Å²) in [5.74, 6) is 0.364. The lowest BCUT2D eigenvalue weighted by atomic mass is 10.1. The van der Waals surface area contributed by atoms with Crippen molar-refractivity contribution in [3.8, 4) is 22.6 Å². The van der Waals surface area contributed by atoms with Crippen molar-refractivity contribution in [2.24, 2.45) is 5.10 Å². The highest BCUT2D eigenvalue weighted by molar-refractivity contribution is 14.1. The number of carbonyl (C=O) groups excluding carboxylic acids is 1. The van der Waals surface area contributed by atoms with Gasteiger partial charge < -0.3 is 9.84 Å². The van der Waals surface area contributed by atoms with E-state index in [0.717, 1.165) is 20.3 Å². The van der Waals surface area contributed by atoms with Crippen molar-refractivity contribution in [3.05, 3.63) is 81.4 Å². The first kappa shape index (κ1) is 19.9. The summed E-state index contributed by atoms with van der Waals surface area (Å²) in [5.41, 5.74) is 5.89. The molecule has 1 amide bonds. The lowest BCUT2D eigenvalue weighted by Gasteiger charge is -2.07. The number of nitrogens with zero attached hydrogens (tertiary/aromatic N) is 1. The second-order valence-electron chi connectivity index (χ2n) is 6.13. The predicted octanol–water partition coefficient (Wildman–Crippen LogP) is 4.50. The van der Waals surface area contributed by atoms with Gasteiger partial charge >= 0.3 is 0 Å². The molecule has 0 aliphatic heterocycles. The van der Waals surface area contributed by atoms with E-state index in [1.807, 2.05) is 67.6 Å². The largest absolute Gasteiger partial charge is 0.507 e. The van der Waals surface area contributed by atoms with Gasteiger partial charge in [-0.2, -0.15) is 5.10 Å². The second-order valence-corrected chi connectivity index (χ2v) is 7.38. The topological polar surface area (TPSA) is 70.9 Å². The Morgan fingerprint density at radius 1 is 1.11 bits per heavy atom. The van der Waals surface area contributed by atoms with Gasteiger partial charge in [-0.1, -0.05) is 42.5 Å². The molecule has 0 bridgehead atoms. The highest BCUT2D eigenvalue weighted by atomic mass is 127. The third-order valence-corrected chi connectivity index (χ3v) is 4.64. The molecule has 5 nitrogen and oxygen atoms in total. The van der Waals surface area contributed by atoms with Crippen molar-refractivity contribution in [1.29, 1.82) is 0 Å². The first-order valence-corrected chi connectivity index (χ1v) is 9.70. The SMILES string of the molecule is Cc1cc(I)cc(C=NNC(=O)COc2ccc(-c3ccccc3)cc2)c1O. The first-order chi connectivity index (χ1) is 13.5. The number of phenols is 1. The van der Waals surface area contributed by atoms with E-state index in [2.05, 4.69) is 33.1 Å². The number of benzene rings is 3. The molecule has 3 rings (SSSR count). The van der Waals surface area contributed by atoms with Gasteiger partial charge in [-0.3, -0.25) is 4.79 Å². The van der Waals surface area contributed by atoms with E-state index in [9.17, 15) is 9.90 Å². The molecule has 2 N–H and O–H groups in total. The Hall–Kier alpha value is -2.87. The molecule has 0 aliphatic rings. The molecule has 0 fully saturated rings. The van der Waals surface area contributed by atoms with Crippen LogP contribution in [0.3, 0.4) is 0 Å². The van der Waals surface area contributed by atoms with Crippen molar-refractivity contribution < 1.29 is 14.6 Å². The van der Waals surface area contributed by atoms with Gasteiger partial charge in [0.15, 0.2) is 6.61 Å². The van der Waals surface area contributed by atoms with E-state index in [4.69, 9.17) is 4.74 Å². The molecule has 0 saturated heterocycles. The van der Waals surface area contributed by atoms with Crippen LogP contribution in [0.25, 0.3) is 11.1 Å². The number of amides is 1. The fraction of sp³-hybridized carbons (Fsp3) is 0.0909. The van der Waals surface area contributed by atoms with Crippen molar-refractivity contribution in [1.82, 2.24) is 5.43 Å². The molecule has 0 spiro atoms. The number of hydrogen-bond donors (Lipinski definition) is 2. The van der Waals surface area contributed by atoms with Gasteiger partial charge in [-0.05, 0) is 70.5 Å². The molecule has 0 saturated carbocycles. The van der Waals surface area contributed by atoms with Crippen LogP contribution in [-0.2, 0) is 4.79 Å². The number of nitrogens with one attached hydrogen (secondary N) is 1. The summed E-state index contributed by atoms with van der Waals surface area (Å²) in [6.07, 6.45) is 1.41. The van der Waals surface area contributed by atoms with Crippen LogP contribution in [0.4, 0.5) is 0 Å². The van der Waals surface area contributed by atoms with E-state index in [1.165, 1.54) is 6.21 Å². The molecule has 28 heavy (non-hydrogen) atoms. The Morgan fingerprint density at radius 2 is 1.79 bits per heavy atom. The summed E-state index contributed by atoms with van der Waals surface area (Å²) in [6.45, 7) is 1.66. The molecule has 0 unspecified atom stereocenters. The fourth-order valence-corrected chi connectivity index (χ4v) is 3.39. The van der Waals surface area contributed by atoms with Gasteiger partial charge in [0.1, 0.15) is 11.5 Å². The zero-order valence-corrected chi connectivity index (χ0v) is 17.4. The van der Waals surface area contributed by atoms with Crippen LogP contribution in [0.5, 0.6) is 11.5 Å². The highest BCUT2D eigenvalue weighted by Gasteiger charge is 2.05. The van der Waals surface area contributed by atoms with Crippen molar-refractivity contribution in [2.45, 2.75) is 6.92 Å². The molecule has 0 aliphatic carbocycles. The summed E-state index contributed by atoms with van der Waals surface area (Å²) in [5, 5.41) is 13.9. The van der Waals surface area contributed by atoms with E-state index < -0.39 is 0 Å². The number of carbonyl (C=O) groups is 1. The number of hydrazone groups is 1. The van der Waals surface area contributed by atoms with E-state index in [1.54, 1.807) is 6.07 Å². The maximum absolute atomic E-state index is 11.9. The average molecular weight is 486 g/mol. The van der Waals surface area contributed by atoms with Gasteiger partial charge in [0.05, 0.1) is 6.21 Å². The van der Waals surface area contributed by atoms with Gasteiger partial charge in [-0.25, -0.2) is 5.43 Å². The van der Waals surface area contributed by atoms with Gasteiger partial charge in [-0.15, -0.1) is 0 Å². The summed E-state index contributed by atoms with van der Waals surface area (Å²) in [4.78, 5) is 11.9. The number of aromatic hydroxyl groups is 1. The number of phenolic OH excluding ortho intramolecular Hbond substituents is 1. The quantitative estimate of drug-likeness (QED) is 0.306. The summed E-state index contributed by atoms with van der Waals surface area (Å²) in [7, 11) is 0. The molecule has 0 heterocycles. The Kier molecular flexibility index (Phi) is 6.65. The minimum Gasteiger partial charge on any atom is -0.507 e. The Morgan fingerprint density at radius 3 is 2.50 bits per heavy atom. The van der Waals surface area contributed by atoms with Crippen LogP contribution >= 0.6 is 22.6 Å². The minimum atomic E-state index is -0.384. The van der Waals surface area contributed by atoms with Crippen LogP contribution in [-0.4, -0.2) is 23.8 Å². The lowest BCUT2D eigenvalue weighted by Crippen LogP contribution is -2.24. The van der Waals surface area contributed by atoms with Crippen LogP contribution in [0.15, 0.2) is 71.8 Å². The Labute approximate surface area is 177 Å². The molecule has 3 aromatic carbocycles. The molecular weight excluding hydrogens is 467 g/mol. The average Bonchev–Trinajstić information content (AvgIpc) is 2.71. The van der Waals surface area contributed by atoms with Crippen molar-refractivity contribution >= 4 is 34.7 Å². The first-order valence-electron chi connectivity index (χ1n) is 8.62. The Balaban J connectivity index is 1.52. The number of ether oxygens (including phenoxy) is 1. The third kappa shape index (κ3) is 5.32. The van der Waals surface area contributed by atoms with E-state index in [0.29, 0.717) is 11.3 Å². The van der Waals surface area contributed by atoms with Crippen molar-refractivity contribution in [2.75, 3.05) is 6.61 Å². The zero-order chi connectivity index (χ0) is 19.9. The van der Waals surface area contributed by atoms with Gasteiger partial charge in [0.25, 0.3) is 5.91 Å². The highest BCUT2D eigenvalue weighted by Crippen LogP contribution is 2.23. The molecule has 0 aromatic heterocycles. The minimum absolute atomic E-state index is 0.146. The molecule has 0 radical (unpaired) electrons. The normalized spacial score (nSPS) is 10.8. The van der Waals surface area contributed by atoms with E-state index >= 15 is 0 Å². The molecule has 3 aromatic rings. The standard InChI is InChI=1S/C22H19IN2O3/c1-15-11-19(23)12-18(22(15)27)13-24-25-21(26)14-28-20-9-7-17(8-10-20)16-5-3-2-4-6-16/h2-13,27H,14H2,1H3,(H,25,26). The number of aryl methyl sites for hydroxylation is 1. The van der Waals surface area contributed by atoms with Gasteiger partial charge in [0, 0.05) is 9.13 Å². The molecular formula is C22H19IN2O3. The van der Waals surface area contributed by atoms with Gasteiger partial charge in [0.2, 0.25) is 0 Å². The second kappa shape index (κ2) is 9.36. The zero-order valence-electron chi connectivity index (χ0n) is 15.2. The molecule has 0 atom stereocenters.